The molecule has 0 aliphatic heterocycles. The Bertz CT molecular complexity index is 1660. The first kappa shape index (κ1) is 31.1. The van der Waals surface area contributed by atoms with Gasteiger partial charge in [-0.15, -0.1) is 12.4 Å². The van der Waals surface area contributed by atoms with Gasteiger partial charge in [-0.05, 0) is 66.7 Å². The Morgan fingerprint density at radius 1 is 0.951 bits per heavy atom. The molecule has 0 atom stereocenters. The summed E-state index contributed by atoms with van der Waals surface area (Å²) >= 11 is 0. The van der Waals surface area contributed by atoms with Crippen molar-refractivity contribution in [3.05, 3.63) is 90.4 Å². The van der Waals surface area contributed by atoms with Gasteiger partial charge in [0.2, 0.25) is 16.0 Å². The highest BCUT2D eigenvalue weighted by atomic mass is 35.5. The molecule has 41 heavy (non-hydrogen) atoms. The molecule has 0 saturated carbocycles. The number of aromatic nitrogens is 2. The first-order chi connectivity index (χ1) is 18.8. The highest BCUT2D eigenvalue weighted by Gasteiger charge is 2.31. The van der Waals surface area contributed by atoms with Crippen LogP contribution in [-0.4, -0.2) is 31.5 Å². The summed E-state index contributed by atoms with van der Waals surface area (Å²) in [4.78, 5) is 22.4. The minimum atomic E-state index is -4.69. The summed E-state index contributed by atoms with van der Waals surface area (Å²) in [6.45, 7) is 0. The third-order valence-electron chi connectivity index (χ3n) is 5.46. The van der Waals surface area contributed by atoms with Crippen LogP contribution in [-0.2, 0) is 16.2 Å². The SMILES string of the molecule is CN(c1ccc(NC(=O)Nc2cc(C(F)(F)F)ccc2F)cc1)c1ccnc(Nc2cccc(S(N)(=O)=O)c2)n1.Cl. The predicted octanol–water partition coefficient (Wildman–Crippen LogP) is 5.86. The maximum absolute atomic E-state index is 13.9. The summed E-state index contributed by atoms with van der Waals surface area (Å²) in [6.07, 6.45) is -3.19. The number of hydrogen-bond acceptors (Lipinski definition) is 7. The van der Waals surface area contributed by atoms with E-state index in [2.05, 4.69) is 25.9 Å². The standard InChI is InChI=1S/C25H21F4N7O3S.ClH/c1-36(22-11-12-31-23(35-22)32-17-3-2-4-19(14-17)40(30,38)39)18-8-6-16(7-9-18)33-24(37)34-21-13-15(25(27,28)29)5-10-20(21)26;/h2-14H,1H3,(H2,30,38,39)(H,31,32,35)(H2,33,34,37);1H. The minimum absolute atomic E-state index is 0. The van der Waals surface area contributed by atoms with Crippen LogP contribution in [0.2, 0.25) is 0 Å². The molecule has 3 aromatic carbocycles. The summed E-state index contributed by atoms with van der Waals surface area (Å²) in [7, 11) is -2.17. The second kappa shape index (κ2) is 12.4. The molecule has 0 bridgehead atoms. The van der Waals surface area contributed by atoms with Crippen molar-refractivity contribution < 1.29 is 30.8 Å². The molecule has 216 valence electrons. The van der Waals surface area contributed by atoms with Gasteiger partial charge in [-0.2, -0.15) is 18.2 Å². The van der Waals surface area contributed by atoms with Crippen LogP contribution in [0.15, 0.2) is 83.9 Å². The Hall–Kier alpha value is -4.47. The monoisotopic (exact) mass is 611 g/mol. The van der Waals surface area contributed by atoms with Crippen LogP contribution in [0.25, 0.3) is 0 Å². The number of rotatable bonds is 7. The van der Waals surface area contributed by atoms with Crippen LogP contribution in [0.1, 0.15) is 5.56 Å². The number of nitrogens with one attached hydrogen (secondary N) is 3. The Kier molecular flexibility index (Phi) is 9.37. The topological polar surface area (TPSA) is 142 Å². The van der Waals surface area contributed by atoms with E-state index < -0.39 is 39.3 Å². The molecule has 0 saturated heterocycles. The van der Waals surface area contributed by atoms with Gasteiger partial charge in [-0.1, -0.05) is 6.07 Å². The third-order valence-corrected chi connectivity index (χ3v) is 6.37. The average molecular weight is 612 g/mol. The van der Waals surface area contributed by atoms with E-state index in [1.54, 1.807) is 36.2 Å². The number of anilines is 6. The lowest BCUT2D eigenvalue weighted by Crippen LogP contribution is -2.20. The van der Waals surface area contributed by atoms with E-state index in [4.69, 9.17) is 5.14 Å². The number of alkyl halides is 3. The first-order valence-electron chi connectivity index (χ1n) is 11.3. The number of amides is 2. The Morgan fingerprint density at radius 2 is 1.66 bits per heavy atom. The molecule has 16 heteroatoms. The van der Waals surface area contributed by atoms with E-state index in [0.717, 1.165) is 0 Å². The highest BCUT2D eigenvalue weighted by Crippen LogP contribution is 2.32. The van der Waals surface area contributed by atoms with Gasteiger partial charge in [0.25, 0.3) is 0 Å². The van der Waals surface area contributed by atoms with Crippen LogP contribution in [0.4, 0.5) is 56.9 Å². The van der Waals surface area contributed by atoms with E-state index >= 15 is 0 Å². The lowest BCUT2D eigenvalue weighted by atomic mass is 10.2. The number of nitrogens with two attached hydrogens (primary N) is 1. The molecule has 2 amide bonds. The number of benzene rings is 3. The zero-order chi connectivity index (χ0) is 29.1. The quantitative estimate of drug-likeness (QED) is 0.192. The van der Waals surface area contributed by atoms with Gasteiger partial charge in [0.15, 0.2) is 0 Å². The van der Waals surface area contributed by atoms with Gasteiger partial charge in [0.05, 0.1) is 16.1 Å². The number of carbonyl (C=O) groups excluding carboxylic acids is 1. The van der Waals surface area contributed by atoms with Gasteiger partial charge in [0.1, 0.15) is 11.6 Å². The number of primary sulfonamides is 1. The number of carbonyl (C=O) groups is 1. The summed E-state index contributed by atoms with van der Waals surface area (Å²) in [6, 6.07) is 14.6. The summed E-state index contributed by atoms with van der Waals surface area (Å²) in [5, 5.41) is 12.6. The van der Waals surface area contributed by atoms with Crippen molar-refractivity contribution in [1.82, 2.24) is 9.97 Å². The van der Waals surface area contributed by atoms with E-state index in [0.29, 0.717) is 41.1 Å². The summed E-state index contributed by atoms with van der Waals surface area (Å²) < 4.78 is 75.8. The highest BCUT2D eigenvalue weighted by molar-refractivity contribution is 7.89. The fourth-order valence-corrected chi connectivity index (χ4v) is 4.02. The molecule has 0 unspecified atom stereocenters. The van der Waals surface area contributed by atoms with E-state index in [9.17, 15) is 30.8 Å². The zero-order valence-electron chi connectivity index (χ0n) is 21.0. The molecule has 0 aliphatic carbocycles. The number of hydrogen-bond donors (Lipinski definition) is 4. The number of halogens is 5. The van der Waals surface area contributed by atoms with Crippen molar-refractivity contribution in [2.24, 2.45) is 5.14 Å². The first-order valence-corrected chi connectivity index (χ1v) is 12.9. The Balaban J connectivity index is 0.00000462. The third kappa shape index (κ3) is 8.03. The van der Waals surface area contributed by atoms with Gasteiger partial charge in [-0.25, -0.2) is 27.7 Å². The molecule has 0 aliphatic rings. The van der Waals surface area contributed by atoms with Crippen molar-refractivity contribution in [2.75, 3.05) is 27.9 Å². The molecule has 10 nitrogen and oxygen atoms in total. The predicted molar refractivity (Wildman–Crippen MR) is 149 cm³/mol. The second-order valence-electron chi connectivity index (χ2n) is 8.31. The number of sulfonamides is 1. The minimum Gasteiger partial charge on any atom is -0.329 e. The normalized spacial score (nSPS) is 11.3. The molecule has 1 heterocycles. The zero-order valence-corrected chi connectivity index (χ0v) is 22.6. The van der Waals surface area contributed by atoms with Crippen molar-refractivity contribution in [1.29, 1.82) is 0 Å². The average Bonchev–Trinajstić information content (AvgIpc) is 2.89. The Morgan fingerprint density at radius 3 is 2.32 bits per heavy atom. The van der Waals surface area contributed by atoms with Gasteiger partial charge < -0.3 is 20.9 Å². The molecular weight excluding hydrogens is 590 g/mol. The van der Waals surface area contributed by atoms with Gasteiger partial charge in [0, 0.05) is 30.3 Å². The molecule has 0 spiro atoms. The lowest BCUT2D eigenvalue weighted by molar-refractivity contribution is -0.137. The van der Waals surface area contributed by atoms with Crippen molar-refractivity contribution >= 4 is 63.0 Å². The molecular formula is C25H22ClF4N7O3S. The van der Waals surface area contributed by atoms with Crippen molar-refractivity contribution in [2.45, 2.75) is 11.1 Å². The molecule has 0 radical (unpaired) electrons. The van der Waals surface area contributed by atoms with E-state index in [1.165, 1.54) is 36.5 Å². The van der Waals surface area contributed by atoms with Crippen LogP contribution in [0.5, 0.6) is 0 Å². The molecule has 0 fully saturated rings. The number of nitrogens with zero attached hydrogens (tertiary/aromatic N) is 3. The summed E-state index contributed by atoms with van der Waals surface area (Å²) in [5.41, 5.74) is -0.368. The maximum Gasteiger partial charge on any atom is 0.416 e. The van der Waals surface area contributed by atoms with Crippen molar-refractivity contribution in [3.8, 4) is 0 Å². The van der Waals surface area contributed by atoms with Gasteiger partial charge >= 0.3 is 12.2 Å². The second-order valence-corrected chi connectivity index (χ2v) is 9.88. The van der Waals surface area contributed by atoms with Crippen molar-refractivity contribution in [3.63, 3.8) is 0 Å². The van der Waals surface area contributed by atoms with Gasteiger partial charge in [-0.3, -0.25) is 0 Å². The van der Waals surface area contributed by atoms with Crippen LogP contribution < -0.4 is 26.0 Å². The fourth-order valence-electron chi connectivity index (χ4n) is 3.46. The lowest BCUT2D eigenvalue weighted by Gasteiger charge is -2.19. The Labute approximate surface area is 238 Å². The van der Waals surface area contributed by atoms with Crippen LogP contribution in [0.3, 0.4) is 0 Å². The van der Waals surface area contributed by atoms with Crippen LogP contribution >= 0.6 is 12.4 Å². The summed E-state index contributed by atoms with van der Waals surface area (Å²) in [5.74, 6) is -0.359. The van der Waals surface area contributed by atoms with E-state index in [1.807, 2.05) is 0 Å². The maximum atomic E-state index is 13.9. The number of urea groups is 1. The van der Waals surface area contributed by atoms with Crippen LogP contribution in [0, 0.1) is 5.82 Å². The molecule has 4 rings (SSSR count). The molecule has 4 aromatic rings. The largest absolute Gasteiger partial charge is 0.416 e. The molecule has 5 N–H and O–H groups in total. The van der Waals surface area contributed by atoms with E-state index in [-0.39, 0.29) is 23.3 Å². The smallest absolute Gasteiger partial charge is 0.329 e. The molecule has 1 aromatic heterocycles. The fraction of sp³-hybridized carbons (Fsp3) is 0.0800.